The van der Waals surface area contributed by atoms with Crippen LogP contribution in [0.2, 0.25) is 10.0 Å². The molecule has 0 heterocycles. The van der Waals surface area contributed by atoms with Crippen molar-refractivity contribution >= 4 is 23.2 Å². The Labute approximate surface area is 127 Å². The van der Waals surface area contributed by atoms with Crippen molar-refractivity contribution in [2.75, 3.05) is 6.54 Å². The lowest BCUT2D eigenvalue weighted by atomic mass is 9.94. The molecule has 0 aliphatic rings. The monoisotopic (exact) mass is 301 g/mol. The quantitative estimate of drug-likeness (QED) is 0.683. The molecule has 3 heteroatoms. The summed E-state index contributed by atoms with van der Waals surface area (Å²) < 4.78 is 0. The maximum atomic E-state index is 6.27. The van der Waals surface area contributed by atoms with E-state index >= 15 is 0 Å². The number of hydrogen-bond acceptors (Lipinski definition) is 1. The highest BCUT2D eigenvalue weighted by atomic mass is 35.5. The maximum absolute atomic E-state index is 6.27. The van der Waals surface area contributed by atoms with Crippen molar-refractivity contribution in [2.45, 2.75) is 52.5 Å². The van der Waals surface area contributed by atoms with Crippen LogP contribution in [0.15, 0.2) is 18.2 Å². The Hall–Kier alpha value is -0.240. The van der Waals surface area contributed by atoms with Crippen molar-refractivity contribution in [1.82, 2.24) is 5.32 Å². The molecule has 0 radical (unpaired) electrons. The van der Waals surface area contributed by atoms with Gasteiger partial charge in [0, 0.05) is 16.1 Å². The van der Waals surface area contributed by atoms with Crippen LogP contribution in [0.1, 0.15) is 45.6 Å². The fraction of sp³-hybridized carbons (Fsp3) is 0.625. The van der Waals surface area contributed by atoms with E-state index in [4.69, 9.17) is 23.2 Å². The molecule has 1 N–H and O–H groups in total. The molecule has 2 atom stereocenters. The second-order valence-corrected chi connectivity index (χ2v) is 6.12. The number of rotatable bonds is 8. The first-order valence-corrected chi connectivity index (χ1v) is 8.00. The first-order valence-electron chi connectivity index (χ1n) is 7.24. The van der Waals surface area contributed by atoms with E-state index < -0.39 is 0 Å². The van der Waals surface area contributed by atoms with Gasteiger partial charge in [0.15, 0.2) is 0 Å². The Morgan fingerprint density at radius 3 is 2.32 bits per heavy atom. The van der Waals surface area contributed by atoms with Crippen LogP contribution in [0.5, 0.6) is 0 Å². The molecule has 1 aromatic carbocycles. The molecule has 1 nitrogen and oxygen atoms in total. The molecule has 108 valence electrons. The van der Waals surface area contributed by atoms with Crippen molar-refractivity contribution in [3.05, 3.63) is 33.8 Å². The third-order valence-electron chi connectivity index (χ3n) is 3.58. The van der Waals surface area contributed by atoms with E-state index in [0.717, 1.165) is 47.3 Å². The van der Waals surface area contributed by atoms with Crippen molar-refractivity contribution in [1.29, 1.82) is 0 Å². The van der Waals surface area contributed by atoms with Gasteiger partial charge in [0.1, 0.15) is 0 Å². The van der Waals surface area contributed by atoms with Crippen molar-refractivity contribution < 1.29 is 0 Å². The predicted octanol–water partition coefficient (Wildman–Crippen LogP) is 5.34. The van der Waals surface area contributed by atoms with Gasteiger partial charge >= 0.3 is 0 Å². The Morgan fingerprint density at radius 1 is 1.16 bits per heavy atom. The molecule has 0 spiro atoms. The Bertz CT molecular complexity index is 359. The molecule has 1 aromatic rings. The average Bonchev–Trinajstić information content (AvgIpc) is 2.39. The van der Waals surface area contributed by atoms with Gasteiger partial charge in [-0.3, -0.25) is 0 Å². The van der Waals surface area contributed by atoms with Gasteiger partial charge in [-0.1, -0.05) is 56.5 Å². The summed E-state index contributed by atoms with van der Waals surface area (Å²) in [6.07, 6.45) is 4.43. The molecular formula is C16H25Cl2N. The molecule has 0 amide bonds. The second-order valence-electron chi connectivity index (χ2n) is 5.30. The van der Waals surface area contributed by atoms with E-state index in [0.29, 0.717) is 6.04 Å². The molecule has 0 fully saturated rings. The van der Waals surface area contributed by atoms with Crippen LogP contribution in [-0.2, 0) is 6.42 Å². The largest absolute Gasteiger partial charge is 0.314 e. The Kier molecular flexibility index (Phi) is 7.82. The molecular weight excluding hydrogens is 277 g/mol. The zero-order chi connectivity index (χ0) is 14.3. The summed E-state index contributed by atoms with van der Waals surface area (Å²) in [4.78, 5) is 0. The van der Waals surface area contributed by atoms with Crippen LogP contribution in [0, 0.1) is 5.92 Å². The summed E-state index contributed by atoms with van der Waals surface area (Å²) in [5.41, 5.74) is 1.07. The molecule has 19 heavy (non-hydrogen) atoms. The van der Waals surface area contributed by atoms with Crippen molar-refractivity contribution in [3.8, 4) is 0 Å². The lowest BCUT2D eigenvalue weighted by molar-refractivity contribution is 0.391. The third-order valence-corrected chi connectivity index (χ3v) is 4.29. The van der Waals surface area contributed by atoms with E-state index in [2.05, 4.69) is 26.1 Å². The van der Waals surface area contributed by atoms with Gasteiger partial charge in [-0.05, 0) is 49.4 Å². The standard InChI is InChI=1S/C16H25Cl2N/c1-4-9-19-13(10-12(3)5-2)11-14-15(17)7-6-8-16(14)18/h6-8,12-13,19H,4-5,9-11H2,1-3H3. The first-order chi connectivity index (χ1) is 9.08. The van der Waals surface area contributed by atoms with E-state index in [-0.39, 0.29) is 0 Å². The molecule has 0 aliphatic heterocycles. The van der Waals surface area contributed by atoms with Gasteiger partial charge in [-0.2, -0.15) is 0 Å². The van der Waals surface area contributed by atoms with E-state index in [1.54, 1.807) is 0 Å². The van der Waals surface area contributed by atoms with E-state index in [1.165, 1.54) is 6.42 Å². The second kappa shape index (κ2) is 8.84. The average molecular weight is 302 g/mol. The summed E-state index contributed by atoms with van der Waals surface area (Å²) in [6, 6.07) is 6.19. The van der Waals surface area contributed by atoms with E-state index in [1.807, 2.05) is 18.2 Å². The minimum atomic E-state index is 0.451. The fourth-order valence-electron chi connectivity index (χ4n) is 2.21. The first kappa shape index (κ1) is 16.8. The lowest BCUT2D eigenvalue weighted by Crippen LogP contribution is -2.33. The number of hydrogen-bond donors (Lipinski definition) is 1. The summed E-state index contributed by atoms with van der Waals surface area (Å²) in [7, 11) is 0. The topological polar surface area (TPSA) is 12.0 Å². The van der Waals surface area contributed by atoms with Gasteiger partial charge < -0.3 is 5.32 Å². The SMILES string of the molecule is CCCNC(Cc1c(Cl)cccc1Cl)CC(C)CC. The Morgan fingerprint density at radius 2 is 1.79 bits per heavy atom. The van der Waals surface area contributed by atoms with Crippen LogP contribution < -0.4 is 5.32 Å². The minimum absolute atomic E-state index is 0.451. The summed E-state index contributed by atoms with van der Waals surface area (Å²) in [6.45, 7) is 7.78. The van der Waals surface area contributed by atoms with Crippen molar-refractivity contribution in [2.24, 2.45) is 5.92 Å². The fourth-order valence-corrected chi connectivity index (χ4v) is 2.77. The highest BCUT2D eigenvalue weighted by molar-refractivity contribution is 6.35. The summed E-state index contributed by atoms with van der Waals surface area (Å²) >= 11 is 12.5. The lowest BCUT2D eigenvalue weighted by Gasteiger charge is -2.22. The van der Waals surface area contributed by atoms with Crippen LogP contribution in [0.3, 0.4) is 0 Å². The molecule has 0 saturated carbocycles. The van der Waals surface area contributed by atoms with Crippen LogP contribution in [0.4, 0.5) is 0 Å². The number of halogens is 2. The minimum Gasteiger partial charge on any atom is -0.314 e. The van der Waals surface area contributed by atoms with E-state index in [9.17, 15) is 0 Å². The molecule has 0 saturated heterocycles. The number of benzene rings is 1. The predicted molar refractivity (Wildman–Crippen MR) is 86.3 cm³/mol. The molecule has 0 aromatic heterocycles. The van der Waals surface area contributed by atoms with Crippen molar-refractivity contribution in [3.63, 3.8) is 0 Å². The normalized spacial score (nSPS) is 14.4. The van der Waals surface area contributed by atoms with Crippen LogP contribution >= 0.6 is 23.2 Å². The zero-order valence-corrected chi connectivity index (χ0v) is 13.7. The van der Waals surface area contributed by atoms with Gasteiger partial charge in [0.25, 0.3) is 0 Å². The highest BCUT2D eigenvalue weighted by Gasteiger charge is 2.15. The Balaban J connectivity index is 2.75. The molecule has 0 aliphatic carbocycles. The zero-order valence-electron chi connectivity index (χ0n) is 12.2. The number of nitrogens with one attached hydrogen (secondary N) is 1. The highest BCUT2D eigenvalue weighted by Crippen LogP contribution is 2.27. The summed E-state index contributed by atoms with van der Waals surface area (Å²) in [5.74, 6) is 0.718. The molecule has 0 bridgehead atoms. The van der Waals surface area contributed by atoms with Gasteiger partial charge in [0.05, 0.1) is 0 Å². The third kappa shape index (κ3) is 5.72. The van der Waals surface area contributed by atoms with Gasteiger partial charge in [-0.25, -0.2) is 0 Å². The van der Waals surface area contributed by atoms with Gasteiger partial charge in [0.2, 0.25) is 0 Å². The maximum Gasteiger partial charge on any atom is 0.0453 e. The van der Waals surface area contributed by atoms with Crippen LogP contribution in [-0.4, -0.2) is 12.6 Å². The molecule has 2 unspecified atom stereocenters. The smallest absolute Gasteiger partial charge is 0.0453 e. The van der Waals surface area contributed by atoms with Gasteiger partial charge in [-0.15, -0.1) is 0 Å². The summed E-state index contributed by atoms with van der Waals surface area (Å²) in [5, 5.41) is 5.18. The van der Waals surface area contributed by atoms with Crippen LogP contribution in [0.25, 0.3) is 0 Å². The molecule has 1 rings (SSSR count).